The van der Waals surface area contributed by atoms with Gasteiger partial charge in [0, 0.05) is 19.2 Å². The highest BCUT2D eigenvalue weighted by Gasteiger charge is 2.40. The zero-order chi connectivity index (χ0) is 20.1. The van der Waals surface area contributed by atoms with Gasteiger partial charge in [-0.2, -0.15) is 26.0 Å². The summed E-state index contributed by atoms with van der Waals surface area (Å²) < 4.78 is 108. The van der Waals surface area contributed by atoms with E-state index in [1.165, 1.54) is 0 Å². The molecule has 0 amide bonds. The van der Waals surface area contributed by atoms with Gasteiger partial charge in [-0.25, -0.2) is 8.78 Å². The van der Waals surface area contributed by atoms with Crippen molar-refractivity contribution in [2.24, 2.45) is 0 Å². The van der Waals surface area contributed by atoms with E-state index < -0.39 is 57.6 Å². The molecule has 0 aliphatic carbocycles. The highest BCUT2D eigenvalue weighted by molar-refractivity contribution is 7.86. The number of rotatable bonds is 3. The first-order valence-electron chi connectivity index (χ1n) is 7.19. The second kappa shape index (κ2) is 6.28. The molecule has 0 unspecified atom stereocenters. The number of halogens is 6. The molecule has 27 heavy (non-hydrogen) atoms. The van der Waals surface area contributed by atoms with Crippen molar-refractivity contribution in [1.82, 2.24) is 14.8 Å². The summed E-state index contributed by atoms with van der Waals surface area (Å²) in [7, 11) is -4.36. The number of aromatic nitrogens is 3. The lowest BCUT2D eigenvalue weighted by Crippen LogP contribution is -2.36. The van der Waals surface area contributed by atoms with E-state index in [4.69, 9.17) is 0 Å². The first-order chi connectivity index (χ1) is 12.4. The Morgan fingerprint density at radius 3 is 2.37 bits per heavy atom. The molecule has 0 bridgehead atoms. The summed E-state index contributed by atoms with van der Waals surface area (Å²) in [5, 5.41) is 6.43. The number of nitrogens with zero attached hydrogens (tertiary/aromatic N) is 4. The quantitative estimate of drug-likeness (QED) is 0.433. The van der Waals surface area contributed by atoms with Gasteiger partial charge in [-0.3, -0.25) is 0 Å². The van der Waals surface area contributed by atoms with Crippen LogP contribution in [-0.2, 0) is 29.4 Å². The summed E-state index contributed by atoms with van der Waals surface area (Å²) in [6.45, 7) is -0.935. The maximum Gasteiger partial charge on any atom is 0.451 e. The molecule has 2 aromatic rings. The van der Waals surface area contributed by atoms with Crippen LogP contribution in [0, 0.1) is 17.5 Å². The molecule has 0 N–H and O–H groups in total. The maximum absolute atomic E-state index is 14.5. The molecule has 0 atom stereocenters. The summed E-state index contributed by atoms with van der Waals surface area (Å²) in [4.78, 5) is 1.07. The number of benzene rings is 1. The molecular formula is C13H10F6N4O3S. The molecule has 1 aliphatic heterocycles. The van der Waals surface area contributed by atoms with Crippen molar-refractivity contribution in [2.75, 3.05) is 17.7 Å². The number of fused-ring (bicyclic) bond motifs is 1. The van der Waals surface area contributed by atoms with Crippen LogP contribution in [0.15, 0.2) is 6.07 Å². The Balaban J connectivity index is 2.00. The van der Waals surface area contributed by atoms with Gasteiger partial charge in [-0.05, 0) is 0 Å². The van der Waals surface area contributed by atoms with Gasteiger partial charge in [-0.15, -0.1) is 10.2 Å². The Morgan fingerprint density at radius 1 is 1.11 bits per heavy atom. The van der Waals surface area contributed by atoms with Gasteiger partial charge in [0.05, 0.1) is 18.5 Å². The lowest BCUT2D eigenvalue weighted by atomic mass is 10.2. The Morgan fingerprint density at radius 2 is 1.78 bits per heavy atom. The maximum atomic E-state index is 14.5. The van der Waals surface area contributed by atoms with Gasteiger partial charge in [-0.1, -0.05) is 0 Å². The normalized spacial score (nSPS) is 15.0. The minimum absolute atomic E-state index is 0.178. The van der Waals surface area contributed by atoms with Gasteiger partial charge < -0.3 is 13.7 Å². The number of hydrogen-bond acceptors (Lipinski definition) is 6. The van der Waals surface area contributed by atoms with E-state index >= 15 is 0 Å². The zero-order valence-electron chi connectivity index (χ0n) is 13.4. The van der Waals surface area contributed by atoms with E-state index in [-0.39, 0.29) is 18.9 Å². The Kier molecular flexibility index (Phi) is 4.48. The summed E-state index contributed by atoms with van der Waals surface area (Å²) in [5.74, 6) is -7.82. The summed E-state index contributed by atoms with van der Waals surface area (Å²) in [6.07, 6.45) is -4.23. The first kappa shape index (κ1) is 19.3. The van der Waals surface area contributed by atoms with Crippen LogP contribution in [0.5, 0.6) is 5.75 Å². The van der Waals surface area contributed by atoms with Gasteiger partial charge in [0.1, 0.15) is 0 Å². The molecule has 3 rings (SSSR count). The molecule has 0 radical (unpaired) electrons. The smallest absolute Gasteiger partial charge is 0.376 e. The molecule has 1 aromatic heterocycles. The molecule has 1 aliphatic rings. The van der Waals surface area contributed by atoms with Crippen molar-refractivity contribution in [2.45, 2.75) is 19.3 Å². The predicted octanol–water partition coefficient (Wildman–Crippen LogP) is 2.07. The van der Waals surface area contributed by atoms with Crippen LogP contribution in [0.3, 0.4) is 0 Å². The third-order valence-corrected chi connectivity index (χ3v) is 4.15. The van der Waals surface area contributed by atoms with Crippen molar-refractivity contribution in [3.05, 3.63) is 35.2 Å². The highest BCUT2D eigenvalue weighted by Crippen LogP contribution is 2.36. The molecule has 0 saturated heterocycles. The Hall–Kier alpha value is -2.51. The van der Waals surface area contributed by atoms with E-state index in [0.717, 1.165) is 9.47 Å². The molecule has 0 spiro atoms. The van der Waals surface area contributed by atoms with Crippen LogP contribution in [0.2, 0.25) is 0 Å². The van der Waals surface area contributed by atoms with Crippen LogP contribution < -0.4 is 9.08 Å². The lowest BCUT2D eigenvalue weighted by Gasteiger charge is -2.30. The third-order valence-electron chi connectivity index (χ3n) is 3.68. The molecule has 0 saturated carbocycles. The summed E-state index contributed by atoms with van der Waals surface area (Å²) in [5.41, 5.74) is -0.588. The Bertz CT molecular complexity index is 1000. The summed E-state index contributed by atoms with van der Waals surface area (Å²) >= 11 is 0. The average Bonchev–Trinajstić information content (AvgIpc) is 2.97. The summed E-state index contributed by atoms with van der Waals surface area (Å²) in [6, 6.07) is 0.455. The molecule has 14 heteroatoms. The van der Waals surface area contributed by atoms with Crippen molar-refractivity contribution in [1.29, 1.82) is 0 Å². The minimum Gasteiger partial charge on any atom is -0.376 e. The molecule has 1 aromatic carbocycles. The van der Waals surface area contributed by atoms with Crippen LogP contribution in [-0.4, -0.2) is 36.0 Å². The monoisotopic (exact) mass is 416 g/mol. The van der Waals surface area contributed by atoms with Crippen molar-refractivity contribution >= 4 is 15.8 Å². The SMILES string of the molecule is CS(=O)(=O)Oc1c(F)c(F)cc(N2CCn3c(nnc3C(F)(F)F)C2)c1F. The van der Waals surface area contributed by atoms with Gasteiger partial charge in [0.15, 0.2) is 17.5 Å². The van der Waals surface area contributed by atoms with E-state index in [1.54, 1.807) is 0 Å². The van der Waals surface area contributed by atoms with Crippen LogP contribution in [0.25, 0.3) is 0 Å². The molecule has 7 nitrogen and oxygen atoms in total. The fourth-order valence-corrected chi connectivity index (χ4v) is 3.04. The van der Waals surface area contributed by atoms with Crippen LogP contribution >= 0.6 is 0 Å². The topological polar surface area (TPSA) is 77.3 Å². The largest absolute Gasteiger partial charge is 0.451 e. The predicted molar refractivity (Wildman–Crippen MR) is 77.9 cm³/mol. The van der Waals surface area contributed by atoms with E-state index in [0.29, 0.717) is 12.3 Å². The van der Waals surface area contributed by atoms with E-state index in [9.17, 15) is 34.8 Å². The molecule has 148 valence electrons. The second-order valence-corrected chi connectivity index (χ2v) is 7.21. The fourth-order valence-electron chi connectivity index (χ4n) is 2.60. The lowest BCUT2D eigenvalue weighted by molar-refractivity contribution is -0.147. The Labute approximate surface area is 148 Å². The average molecular weight is 416 g/mol. The van der Waals surface area contributed by atoms with Gasteiger partial charge in [0.2, 0.25) is 17.4 Å². The standard InChI is InChI=1S/C13H10F6N4O3S/c1-27(24,25)26-11-9(15)6(14)4-7(10(11)16)22-2-3-23-8(5-22)20-21-12(23)13(17,18)19/h4H,2-3,5H2,1H3. The van der Waals surface area contributed by atoms with E-state index in [2.05, 4.69) is 14.4 Å². The zero-order valence-corrected chi connectivity index (χ0v) is 14.2. The van der Waals surface area contributed by atoms with Crippen molar-refractivity contribution < 1.29 is 38.9 Å². The number of alkyl halides is 3. The van der Waals surface area contributed by atoms with Gasteiger partial charge >= 0.3 is 16.3 Å². The van der Waals surface area contributed by atoms with Crippen molar-refractivity contribution in [3.8, 4) is 5.75 Å². The minimum atomic E-state index is -4.74. The molecule has 0 fully saturated rings. The number of hydrogen-bond donors (Lipinski definition) is 0. The molecular weight excluding hydrogens is 406 g/mol. The van der Waals surface area contributed by atoms with Crippen molar-refractivity contribution in [3.63, 3.8) is 0 Å². The second-order valence-electron chi connectivity index (χ2n) is 5.63. The number of anilines is 1. The third kappa shape index (κ3) is 3.65. The first-order valence-corrected chi connectivity index (χ1v) is 9.01. The molecule has 2 heterocycles. The fraction of sp³-hybridized carbons (Fsp3) is 0.385. The highest BCUT2D eigenvalue weighted by atomic mass is 32.2. The van der Waals surface area contributed by atoms with Gasteiger partial charge in [0.25, 0.3) is 0 Å². The van der Waals surface area contributed by atoms with Crippen LogP contribution in [0.1, 0.15) is 11.6 Å². The van der Waals surface area contributed by atoms with E-state index in [1.807, 2.05) is 0 Å². The van der Waals surface area contributed by atoms with Crippen LogP contribution in [0.4, 0.5) is 32.0 Å².